The van der Waals surface area contributed by atoms with E-state index >= 15 is 0 Å². The number of aromatic nitrogens is 1. The van der Waals surface area contributed by atoms with Crippen molar-refractivity contribution in [2.24, 2.45) is 7.05 Å². The second-order valence-corrected chi connectivity index (χ2v) is 14.5. The molecule has 0 N–H and O–H groups in total. The molecule has 0 aliphatic heterocycles. The summed E-state index contributed by atoms with van der Waals surface area (Å²) in [7, 11) is 5.11. The maximum atomic E-state index is 6.64. The average Bonchev–Trinajstić information content (AvgIpc) is 2.92. The second kappa shape index (κ2) is 8.84. The Morgan fingerprint density at radius 1 is 0.963 bits per heavy atom. The van der Waals surface area contributed by atoms with E-state index < -0.39 is 8.32 Å². The van der Waals surface area contributed by atoms with E-state index in [4.69, 9.17) is 14.1 Å². The molecule has 0 aliphatic carbocycles. The minimum absolute atomic E-state index is 0.0138. The van der Waals surface area contributed by atoms with Crippen molar-refractivity contribution in [2.75, 3.05) is 0 Å². The standard InChI is InChI=1S/C22H34NOSi.ClH.Zn/c1-21(2,3)17-14-16(19-12-11-13-23(19)7)15-18(22(4,5)6)20(17)24-25(8,9)10;;/h12-15H,1-10H3;1H;/q-1;;+2/p-1. The molecule has 2 aromatic rings. The molecule has 1 aromatic carbocycles. The van der Waals surface area contributed by atoms with Gasteiger partial charge in [-0.15, -0.1) is 11.9 Å². The molecular weight excluding hydrogens is 423 g/mol. The molecule has 0 amide bonds. The molecule has 0 aliphatic rings. The number of aryl methyl sites for hydroxylation is 1. The van der Waals surface area contributed by atoms with Gasteiger partial charge in [-0.25, -0.2) is 12.1 Å². The Bertz CT molecular complexity index is 729. The number of nitrogens with zero attached hydrogens (tertiary/aromatic N) is 1. The van der Waals surface area contributed by atoms with E-state index in [0.717, 1.165) is 23.1 Å². The van der Waals surface area contributed by atoms with E-state index in [1.54, 1.807) is 0 Å². The summed E-state index contributed by atoms with van der Waals surface area (Å²) in [4.78, 5) is 0. The molecule has 1 aromatic heterocycles. The van der Waals surface area contributed by atoms with Crippen molar-refractivity contribution >= 4 is 18.0 Å². The zero-order valence-corrected chi connectivity index (χ0v) is 23.5. The first-order chi connectivity index (χ1) is 12.2. The van der Waals surface area contributed by atoms with E-state index in [1.165, 1.54) is 22.4 Å². The first kappa shape index (κ1) is 24.5. The van der Waals surface area contributed by atoms with Crippen molar-refractivity contribution in [3.8, 4) is 17.0 Å². The van der Waals surface area contributed by atoms with Crippen LogP contribution in [0.15, 0.2) is 24.4 Å². The molecule has 5 heteroatoms. The van der Waals surface area contributed by atoms with Crippen LogP contribution in [0.25, 0.3) is 11.3 Å². The summed E-state index contributed by atoms with van der Waals surface area (Å²) in [6.07, 6.45) is 1.98. The molecule has 0 saturated heterocycles. The second-order valence-electron chi connectivity index (χ2n) is 10.1. The zero-order valence-electron chi connectivity index (χ0n) is 18.7. The maximum absolute atomic E-state index is 6.64. The summed E-state index contributed by atoms with van der Waals surface area (Å²) in [5.74, 6) is 1.10. The van der Waals surface area contributed by atoms with Crippen LogP contribution >= 0.6 is 9.69 Å². The van der Waals surface area contributed by atoms with Crippen LogP contribution in [0.5, 0.6) is 5.75 Å². The molecule has 2 nitrogen and oxygen atoms in total. The molecule has 0 bridgehead atoms. The van der Waals surface area contributed by atoms with E-state index in [2.05, 4.69) is 97.1 Å². The quantitative estimate of drug-likeness (QED) is 0.358. The molecular formula is C22H34ClNOSiZn. The minimum atomic E-state index is -1.72. The van der Waals surface area contributed by atoms with Gasteiger partial charge in [-0.05, 0) is 48.6 Å². The Labute approximate surface area is 181 Å². The van der Waals surface area contributed by atoms with Crippen LogP contribution in [-0.4, -0.2) is 12.9 Å². The number of hydrogen-bond donors (Lipinski definition) is 0. The van der Waals surface area contributed by atoms with Crippen molar-refractivity contribution in [2.45, 2.75) is 72.0 Å². The van der Waals surface area contributed by atoms with Crippen molar-refractivity contribution in [3.63, 3.8) is 0 Å². The Balaban J connectivity index is 0.00000176. The van der Waals surface area contributed by atoms with E-state index in [0.29, 0.717) is 0 Å². The van der Waals surface area contributed by atoms with Crippen molar-refractivity contribution in [3.05, 3.63) is 41.6 Å². The molecule has 0 fully saturated rings. The van der Waals surface area contributed by atoms with E-state index in [1.807, 2.05) is 6.20 Å². The predicted molar refractivity (Wildman–Crippen MR) is 117 cm³/mol. The summed E-state index contributed by atoms with van der Waals surface area (Å²) in [6, 6.07) is 9.89. The fourth-order valence-electron chi connectivity index (χ4n) is 2.99. The summed E-state index contributed by atoms with van der Waals surface area (Å²) >= 11 is 0.847. The monoisotopic (exact) mass is 455 g/mol. The van der Waals surface area contributed by atoms with Gasteiger partial charge in [-0.2, -0.15) is 0 Å². The first-order valence-electron chi connectivity index (χ1n) is 9.38. The van der Waals surface area contributed by atoms with Gasteiger partial charge in [0, 0.05) is 0 Å². The summed E-state index contributed by atoms with van der Waals surface area (Å²) in [5.41, 5.74) is 5.04. The fourth-order valence-corrected chi connectivity index (χ4v) is 3.83. The van der Waals surface area contributed by atoms with Gasteiger partial charge in [0.25, 0.3) is 0 Å². The van der Waals surface area contributed by atoms with Gasteiger partial charge in [-0.3, -0.25) is 0 Å². The third-order valence-electron chi connectivity index (χ3n) is 4.28. The molecule has 0 radical (unpaired) electrons. The van der Waals surface area contributed by atoms with Gasteiger partial charge in [-0.1, -0.05) is 59.2 Å². The van der Waals surface area contributed by atoms with Crippen LogP contribution in [-0.2, 0) is 35.2 Å². The van der Waals surface area contributed by atoms with E-state index in [-0.39, 0.29) is 10.8 Å². The zero-order chi connectivity index (χ0) is 21.2. The summed E-state index contributed by atoms with van der Waals surface area (Å²) in [6.45, 7) is 20.4. The third-order valence-corrected chi connectivity index (χ3v) is 5.09. The van der Waals surface area contributed by atoms with Gasteiger partial charge in [0.05, 0.1) is 0 Å². The van der Waals surface area contributed by atoms with Crippen LogP contribution in [0, 0.1) is 6.07 Å². The van der Waals surface area contributed by atoms with Gasteiger partial charge >= 0.3 is 27.0 Å². The molecule has 0 saturated carbocycles. The Hall–Kier alpha value is -0.570. The van der Waals surface area contributed by atoms with Crippen LogP contribution in [0.2, 0.25) is 19.6 Å². The normalized spacial score (nSPS) is 12.5. The number of halogens is 1. The van der Waals surface area contributed by atoms with Crippen molar-refractivity contribution in [1.29, 1.82) is 0 Å². The Morgan fingerprint density at radius 3 is 1.70 bits per heavy atom. The molecule has 0 spiro atoms. The number of rotatable bonds is 3. The van der Waals surface area contributed by atoms with Crippen LogP contribution in [0.3, 0.4) is 0 Å². The molecule has 0 unspecified atom stereocenters. The molecule has 146 valence electrons. The van der Waals surface area contributed by atoms with Gasteiger partial charge in [0.1, 0.15) is 5.75 Å². The van der Waals surface area contributed by atoms with E-state index in [9.17, 15) is 0 Å². The summed E-state index contributed by atoms with van der Waals surface area (Å²) in [5, 5.41) is 0. The van der Waals surface area contributed by atoms with Gasteiger partial charge in [0.2, 0.25) is 8.32 Å². The first-order valence-corrected chi connectivity index (χ1v) is 16.7. The van der Waals surface area contributed by atoms with Gasteiger partial charge < -0.3 is 8.99 Å². The Kier molecular flexibility index (Phi) is 8.01. The van der Waals surface area contributed by atoms with Crippen molar-refractivity contribution in [1.82, 2.24) is 4.57 Å². The fraction of sp³-hybridized carbons (Fsp3) is 0.545. The predicted octanol–water partition coefficient (Wildman–Crippen LogP) is 6.99. The Morgan fingerprint density at radius 2 is 1.41 bits per heavy atom. The molecule has 0 atom stereocenters. The molecule has 1 heterocycles. The summed E-state index contributed by atoms with van der Waals surface area (Å²) < 4.78 is 8.78. The number of hydrogen-bond acceptors (Lipinski definition) is 1. The topological polar surface area (TPSA) is 14.2 Å². The number of benzene rings is 1. The average molecular weight is 457 g/mol. The third kappa shape index (κ3) is 6.48. The van der Waals surface area contributed by atoms with Crippen molar-refractivity contribution < 1.29 is 21.7 Å². The molecule has 2 rings (SSSR count). The van der Waals surface area contributed by atoms with Gasteiger partial charge in [0.15, 0.2) is 0 Å². The molecule has 27 heavy (non-hydrogen) atoms. The SMILES string of the molecule is Cn1c[c-]cc1-c1cc(C(C)(C)C)c(O[Si](C)(C)C)c(C(C)(C)C)c1.[Cl][Zn+]. The van der Waals surface area contributed by atoms with Crippen LogP contribution < -0.4 is 4.43 Å². The van der Waals surface area contributed by atoms with Crippen LogP contribution in [0.4, 0.5) is 0 Å². The van der Waals surface area contributed by atoms with Crippen LogP contribution in [0.1, 0.15) is 52.7 Å².